The summed E-state index contributed by atoms with van der Waals surface area (Å²) < 4.78 is 33.4. The highest BCUT2D eigenvalue weighted by Crippen LogP contribution is 2.28. The number of benzene rings is 3. The molecular formula is C22H20N2O3S. The van der Waals surface area contributed by atoms with E-state index >= 15 is 0 Å². The minimum absolute atomic E-state index is 0.209. The molecule has 1 aromatic heterocycles. The zero-order valence-electron chi connectivity index (χ0n) is 15.6. The topological polar surface area (TPSA) is 72.2 Å². The molecule has 0 unspecified atom stereocenters. The molecule has 0 atom stereocenters. The lowest BCUT2D eigenvalue weighted by molar-refractivity contribution is 0.601. The Hall–Kier alpha value is -3.12. The number of hydrogen-bond acceptors (Lipinski definition) is 4. The Kier molecular flexibility index (Phi) is 4.65. The molecule has 0 radical (unpaired) electrons. The van der Waals surface area contributed by atoms with Crippen LogP contribution in [0.2, 0.25) is 0 Å². The van der Waals surface area contributed by atoms with Gasteiger partial charge in [0.15, 0.2) is 5.58 Å². The largest absolute Gasteiger partial charge is 0.436 e. The SMILES string of the molecule is CC(C)c1ccc(-c2nc3cc(NS(=O)(=O)c4ccccc4)ccc3o2)cc1. The second-order valence-corrected chi connectivity index (χ2v) is 8.58. The minimum atomic E-state index is -3.65. The van der Waals surface area contributed by atoms with Crippen molar-refractivity contribution in [1.29, 1.82) is 0 Å². The number of anilines is 1. The Morgan fingerprint density at radius 2 is 1.64 bits per heavy atom. The third-order valence-electron chi connectivity index (χ3n) is 4.52. The number of nitrogens with one attached hydrogen (secondary N) is 1. The van der Waals surface area contributed by atoms with E-state index in [9.17, 15) is 8.42 Å². The summed E-state index contributed by atoms with van der Waals surface area (Å²) in [4.78, 5) is 4.73. The first-order valence-corrected chi connectivity index (χ1v) is 10.5. The Morgan fingerprint density at radius 3 is 2.32 bits per heavy atom. The van der Waals surface area contributed by atoms with Gasteiger partial charge in [-0.3, -0.25) is 4.72 Å². The van der Waals surface area contributed by atoms with Gasteiger partial charge in [-0.1, -0.05) is 44.2 Å². The van der Waals surface area contributed by atoms with Gasteiger partial charge in [0.25, 0.3) is 10.0 Å². The van der Waals surface area contributed by atoms with E-state index in [0.29, 0.717) is 28.6 Å². The van der Waals surface area contributed by atoms with Crippen LogP contribution in [0.15, 0.2) is 82.1 Å². The number of fused-ring (bicyclic) bond motifs is 1. The van der Waals surface area contributed by atoms with Gasteiger partial charge >= 0.3 is 0 Å². The summed E-state index contributed by atoms with van der Waals surface area (Å²) in [6.45, 7) is 4.29. The molecule has 0 saturated heterocycles. The summed E-state index contributed by atoms with van der Waals surface area (Å²) in [6, 6.07) is 21.4. The fourth-order valence-corrected chi connectivity index (χ4v) is 4.01. The minimum Gasteiger partial charge on any atom is -0.436 e. The first-order chi connectivity index (χ1) is 13.4. The molecule has 0 saturated carbocycles. The lowest BCUT2D eigenvalue weighted by Gasteiger charge is -2.07. The highest BCUT2D eigenvalue weighted by Gasteiger charge is 2.15. The van der Waals surface area contributed by atoms with E-state index in [4.69, 9.17) is 4.42 Å². The fourth-order valence-electron chi connectivity index (χ4n) is 2.94. The van der Waals surface area contributed by atoms with Gasteiger partial charge in [-0.15, -0.1) is 0 Å². The lowest BCUT2D eigenvalue weighted by Crippen LogP contribution is -2.12. The van der Waals surface area contributed by atoms with Gasteiger partial charge in [-0.25, -0.2) is 13.4 Å². The summed E-state index contributed by atoms with van der Waals surface area (Å²) in [7, 11) is -3.65. The molecule has 0 spiro atoms. The van der Waals surface area contributed by atoms with Crippen molar-refractivity contribution in [2.24, 2.45) is 0 Å². The van der Waals surface area contributed by atoms with Crippen molar-refractivity contribution in [2.75, 3.05) is 4.72 Å². The normalized spacial score (nSPS) is 11.8. The zero-order valence-corrected chi connectivity index (χ0v) is 16.4. The highest BCUT2D eigenvalue weighted by molar-refractivity contribution is 7.92. The van der Waals surface area contributed by atoms with Crippen LogP contribution in [-0.4, -0.2) is 13.4 Å². The van der Waals surface area contributed by atoms with Crippen LogP contribution in [0.4, 0.5) is 5.69 Å². The van der Waals surface area contributed by atoms with Crippen LogP contribution in [0, 0.1) is 0 Å². The predicted molar refractivity (Wildman–Crippen MR) is 111 cm³/mol. The number of aromatic nitrogens is 1. The maximum absolute atomic E-state index is 12.5. The van der Waals surface area contributed by atoms with E-state index in [-0.39, 0.29) is 4.90 Å². The number of oxazole rings is 1. The van der Waals surface area contributed by atoms with Gasteiger partial charge in [0.2, 0.25) is 5.89 Å². The van der Waals surface area contributed by atoms with Crippen molar-refractivity contribution in [3.63, 3.8) is 0 Å². The highest BCUT2D eigenvalue weighted by atomic mass is 32.2. The fraction of sp³-hybridized carbons (Fsp3) is 0.136. The maximum atomic E-state index is 12.5. The second-order valence-electron chi connectivity index (χ2n) is 6.90. The molecular weight excluding hydrogens is 372 g/mol. The Labute approximate surface area is 164 Å². The smallest absolute Gasteiger partial charge is 0.261 e. The average molecular weight is 392 g/mol. The molecule has 28 heavy (non-hydrogen) atoms. The van der Waals surface area contributed by atoms with Gasteiger partial charge in [-0.05, 0) is 53.9 Å². The van der Waals surface area contributed by atoms with Crippen LogP contribution in [0.3, 0.4) is 0 Å². The van der Waals surface area contributed by atoms with Crippen molar-refractivity contribution in [3.05, 3.63) is 78.4 Å². The van der Waals surface area contributed by atoms with Crippen molar-refractivity contribution in [1.82, 2.24) is 4.98 Å². The van der Waals surface area contributed by atoms with Crippen LogP contribution in [-0.2, 0) is 10.0 Å². The quantitative estimate of drug-likeness (QED) is 0.492. The third kappa shape index (κ3) is 3.64. The van der Waals surface area contributed by atoms with Crippen molar-refractivity contribution in [3.8, 4) is 11.5 Å². The van der Waals surface area contributed by atoms with Crippen LogP contribution in [0.25, 0.3) is 22.6 Å². The number of nitrogens with zero attached hydrogens (tertiary/aromatic N) is 1. The van der Waals surface area contributed by atoms with Gasteiger partial charge in [-0.2, -0.15) is 0 Å². The molecule has 0 aliphatic rings. The molecule has 4 aromatic rings. The maximum Gasteiger partial charge on any atom is 0.261 e. The van der Waals surface area contributed by atoms with Gasteiger partial charge < -0.3 is 4.42 Å². The average Bonchev–Trinajstić information content (AvgIpc) is 3.12. The summed E-state index contributed by atoms with van der Waals surface area (Å²) in [6.07, 6.45) is 0. The molecule has 3 aromatic carbocycles. The van der Waals surface area contributed by atoms with Gasteiger partial charge in [0.1, 0.15) is 5.52 Å². The second kappa shape index (κ2) is 7.13. The van der Waals surface area contributed by atoms with Crippen molar-refractivity contribution < 1.29 is 12.8 Å². The van der Waals surface area contributed by atoms with Crippen molar-refractivity contribution >= 4 is 26.8 Å². The number of rotatable bonds is 5. The molecule has 4 rings (SSSR count). The standard InChI is InChI=1S/C22H20N2O3S/c1-15(2)16-8-10-17(11-9-16)22-23-20-14-18(12-13-21(20)27-22)24-28(25,26)19-6-4-3-5-7-19/h3-15,24H,1-2H3. The molecule has 1 heterocycles. The van der Waals surface area contributed by atoms with Crippen LogP contribution in [0.5, 0.6) is 0 Å². The summed E-state index contributed by atoms with van der Waals surface area (Å²) in [5.41, 5.74) is 3.76. The molecule has 6 heteroatoms. The summed E-state index contributed by atoms with van der Waals surface area (Å²) in [5, 5.41) is 0. The molecule has 142 valence electrons. The predicted octanol–water partition coefficient (Wildman–Crippen LogP) is 5.42. The Balaban J connectivity index is 1.63. The zero-order chi connectivity index (χ0) is 19.7. The van der Waals surface area contributed by atoms with Crippen molar-refractivity contribution in [2.45, 2.75) is 24.7 Å². The molecule has 0 amide bonds. The first-order valence-electron chi connectivity index (χ1n) is 9.01. The lowest BCUT2D eigenvalue weighted by atomic mass is 10.0. The molecule has 0 aliphatic heterocycles. The van der Waals surface area contributed by atoms with E-state index < -0.39 is 10.0 Å². The summed E-state index contributed by atoms with van der Waals surface area (Å²) in [5.74, 6) is 0.964. The molecule has 0 fully saturated rings. The summed E-state index contributed by atoms with van der Waals surface area (Å²) >= 11 is 0. The van der Waals surface area contributed by atoms with E-state index in [1.54, 1.807) is 48.5 Å². The molecule has 0 bridgehead atoms. The van der Waals surface area contributed by atoms with E-state index in [1.807, 2.05) is 12.1 Å². The molecule has 5 nitrogen and oxygen atoms in total. The third-order valence-corrected chi connectivity index (χ3v) is 5.91. The Morgan fingerprint density at radius 1 is 0.929 bits per heavy atom. The number of sulfonamides is 1. The van der Waals surface area contributed by atoms with Gasteiger partial charge in [0.05, 0.1) is 10.6 Å². The first kappa shape index (κ1) is 18.3. The van der Waals surface area contributed by atoms with E-state index in [2.05, 4.69) is 35.7 Å². The van der Waals surface area contributed by atoms with Crippen LogP contribution < -0.4 is 4.72 Å². The molecule has 0 aliphatic carbocycles. The Bertz CT molecular complexity index is 1210. The van der Waals surface area contributed by atoms with Crippen LogP contribution >= 0.6 is 0 Å². The van der Waals surface area contributed by atoms with E-state index in [0.717, 1.165) is 5.56 Å². The van der Waals surface area contributed by atoms with E-state index in [1.165, 1.54) is 5.56 Å². The monoisotopic (exact) mass is 392 g/mol. The molecule has 1 N–H and O–H groups in total. The van der Waals surface area contributed by atoms with Gasteiger partial charge in [0, 0.05) is 5.56 Å². The van der Waals surface area contributed by atoms with Crippen LogP contribution in [0.1, 0.15) is 25.3 Å². The number of hydrogen-bond donors (Lipinski definition) is 1.